The van der Waals surface area contributed by atoms with Crippen molar-refractivity contribution in [1.82, 2.24) is 10.2 Å². The number of carbonyl (C=O) groups excluding carboxylic acids is 1. The fourth-order valence-corrected chi connectivity index (χ4v) is 1.54. The maximum atomic E-state index is 11.8. The molecule has 0 aliphatic heterocycles. The van der Waals surface area contributed by atoms with Gasteiger partial charge in [-0.2, -0.15) is 0 Å². The van der Waals surface area contributed by atoms with E-state index < -0.39 is 6.10 Å². The number of benzene rings is 1. The number of methoxy groups -OCH3 is 1. The predicted molar refractivity (Wildman–Crippen MR) is 69.9 cm³/mol. The monoisotopic (exact) mass is 252 g/mol. The molecule has 0 fully saturated rings. The van der Waals surface area contributed by atoms with E-state index in [4.69, 9.17) is 4.74 Å². The summed E-state index contributed by atoms with van der Waals surface area (Å²) in [5.41, 5.74) is 0.549. The number of amides is 1. The number of aliphatic hydroxyl groups is 1. The maximum absolute atomic E-state index is 11.8. The molecule has 100 valence electrons. The molecule has 0 aliphatic carbocycles. The van der Waals surface area contributed by atoms with Crippen molar-refractivity contribution in [3.8, 4) is 5.75 Å². The third kappa shape index (κ3) is 4.73. The molecule has 18 heavy (non-hydrogen) atoms. The van der Waals surface area contributed by atoms with Gasteiger partial charge in [0, 0.05) is 18.7 Å². The minimum atomic E-state index is -0.567. The minimum Gasteiger partial charge on any atom is -0.497 e. The van der Waals surface area contributed by atoms with E-state index in [1.807, 2.05) is 19.0 Å². The van der Waals surface area contributed by atoms with Crippen molar-refractivity contribution < 1.29 is 14.6 Å². The van der Waals surface area contributed by atoms with Crippen LogP contribution < -0.4 is 10.1 Å². The van der Waals surface area contributed by atoms with Crippen LogP contribution in [0.5, 0.6) is 5.75 Å². The van der Waals surface area contributed by atoms with Crippen LogP contribution in [-0.2, 0) is 0 Å². The number of carbonyl (C=O) groups is 1. The molecule has 1 atom stereocenters. The molecular formula is C13H20N2O3. The Kier molecular flexibility index (Phi) is 5.61. The normalized spacial score (nSPS) is 12.3. The van der Waals surface area contributed by atoms with Crippen LogP contribution in [0.25, 0.3) is 0 Å². The fraction of sp³-hybridized carbons (Fsp3) is 0.462. The summed E-state index contributed by atoms with van der Waals surface area (Å²) in [6, 6.07) is 6.83. The van der Waals surface area contributed by atoms with Crippen LogP contribution in [-0.4, -0.2) is 56.3 Å². The summed E-state index contributed by atoms with van der Waals surface area (Å²) in [6.07, 6.45) is -0.567. The first-order valence-corrected chi connectivity index (χ1v) is 5.78. The summed E-state index contributed by atoms with van der Waals surface area (Å²) in [7, 11) is 5.32. The SMILES string of the molecule is COc1ccc(C(=O)NCC(O)CN(C)C)cc1. The molecular weight excluding hydrogens is 232 g/mol. The molecule has 5 heteroatoms. The highest BCUT2D eigenvalue weighted by atomic mass is 16.5. The number of nitrogens with zero attached hydrogens (tertiary/aromatic N) is 1. The number of likely N-dealkylation sites (N-methyl/N-ethyl adjacent to an activating group) is 1. The molecule has 0 bridgehead atoms. The van der Waals surface area contributed by atoms with E-state index >= 15 is 0 Å². The molecule has 1 aromatic rings. The first-order chi connectivity index (χ1) is 8.52. The van der Waals surface area contributed by atoms with E-state index in [2.05, 4.69) is 5.32 Å². The zero-order valence-electron chi connectivity index (χ0n) is 11.0. The van der Waals surface area contributed by atoms with Gasteiger partial charge >= 0.3 is 0 Å². The summed E-state index contributed by atoms with van der Waals surface area (Å²) in [6.45, 7) is 0.756. The molecule has 0 saturated heterocycles. The summed E-state index contributed by atoms with van der Waals surface area (Å²) in [5, 5.41) is 12.3. The fourth-order valence-electron chi connectivity index (χ4n) is 1.54. The number of hydrogen-bond acceptors (Lipinski definition) is 4. The quantitative estimate of drug-likeness (QED) is 0.767. The average Bonchev–Trinajstić information content (AvgIpc) is 2.35. The van der Waals surface area contributed by atoms with Gasteiger partial charge in [-0.1, -0.05) is 0 Å². The van der Waals surface area contributed by atoms with Gasteiger partial charge in [-0.25, -0.2) is 0 Å². The smallest absolute Gasteiger partial charge is 0.251 e. The third-order valence-corrected chi connectivity index (χ3v) is 2.43. The Morgan fingerprint density at radius 3 is 2.50 bits per heavy atom. The zero-order valence-corrected chi connectivity index (χ0v) is 11.0. The first kappa shape index (κ1) is 14.5. The minimum absolute atomic E-state index is 0.199. The molecule has 0 heterocycles. The number of hydrogen-bond donors (Lipinski definition) is 2. The number of nitrogens with one attached hydrogen (secondary N) is 1. The summed E-state index contributed by atoms with van der Waals surface area (Å²) < 4.78 is 5.01. The maximum Gasteiger partial charge on any atom is 0.251 e. The van der Waals surface area contributed by atoms with E-state index in [-0.39, 0.29) is 12.5 Å². The first-order valence-electron chi connectivity index (χ1n) is 5.78. The highest BCUT2D eigenvalue weighted by molar-refractivity contribution is 5.94. The molecule has 0 saturated carbocycles. The van der Waals surface area contributed by atoms with E-state index in [0.717, 1.165) is 0 Å². The Hall–Kier alpha value is -1.59. The van der Waals surface area contributed by atoms with Gasteiger partial charge in [-0.15, -0.1) is 0 Å². The Labute approximate surface area is 107 Å². The van der Waals surface area contributed by atoms with E-state index in [1.54, 1.807) is 31.4 Å². The van der Waals surface area contributed by atoms with Crippen molar-refractivity contribution >= 4 is 5.91 Å². The van der Waals surface area contributed by atoms with Gasteiger partial charge in [-0.3, -0.25) is 4.79 Å². The molecule has 5 nitrogen and oxygen atoms in total. The van der Waals surface area contributed by atoms with E-state index in [0.29, 0.717) is 17.9 Å². The Bertz CT molecular complexity index is 376. The number of aliphatic hydroxyl groups excluding tert-OH is 1. The van der Waals surface area contributed by atoms with Gasteiger partial charge in [0.2, 0.25) is 0 Å². The molecule has 0 aromatic heterocycles. The Morgan fingerprint density at radius 1 is 1.39 bits per heavy atom. The van der Waals surface area contributed by atoms with Gasteiger partial charge in [-0.05, 0) is 38.4 Å². The van der Waals surface area contributed by atoms with Crippen molar-refractivity contribution in [3.63, 3.8) is 0 Å². The summed E-state index contributed by atoms with van der Waals surface area (Å²) >= 11 is 0. The largest absolute Gasteiger partial charge is 0.497 e. The second-order valence-corrected chi connectivity index (χ2v) is 4.35. The van der Waals surface area contributed by atoms with Crippen LogP contribution in [0.4, 0.5) is 0 Å². The van der Waals surface area contributed by atoms with Gasteiger partial charge < -0.3 is 20.1 Å². The molecule has 0 aliphatic rings. The van der Waals surface area contributed by atoms with E-state index in [9.17, 15) is 9.90 Å². The lowest BCUT2D eigenvalue weighted by Crippen LogP contribution is -2.37. The highest BCUT2D eigenvalue weighted by Gasteiger charge is 2.09. The topological polar surface area (TPSA) is 61.8 Å². The Morgan fingerprint density at radius 2 is 2.00 bits per heavy atom. The van der Waals surface area contributed by atoms with Crippen molar-refractivity contribution in [3.05, 3.63) is 29.8 Å². The summed E-state index contributed by atoms with van der Waals surface area (Å²) in [4.78, 5) is 13.6. The molecule has 0 radical (unpaired) electrons. The van der Waals surface area contributed by atoms with Gasteiger partial charge in [0.25, 0.3) is 5.91 Å². The van der Waals surface area contributed by atoms with Crippen LogP contribution in [0, 0.1) is 0 Å². The van der Waals surface area contributed by atoms with Crippen LogP contribution in [0.15, 0.2) is 24.3 Å². The van der Waals surface area contributed by atoms with E-state index in [1.165, 1.54) is 0 Å². The molecule has 1 unspecified atom stereocenters. The van der Waals surface area contributed by atoms with Crippen molar-refractivity contribution in [2.24, 2.45) is 0 Å². The molecule has 1 aromatic carbocycles. The van der Waals surface area contributed by atoms with Crippen LogP contribution in [0.3, 0.4) is 0 Å². The zero-order chi connectivity index (χ0) is 13.5. The second kappa shape index (κ2) is 6.98. The number of rotatable bonds is 6. The van der Waals surface area contributed by atoms with Crippen molar-refractivity contribution in [2.45, 2.75) is 6.10 Å². The molecule has 1 amide bonds. The van der Waals surface area contributed by atoms with Gasteiger partial charge in [0.05, 0.1) is 13.2 Å². The highest BCUT2D eigenvalue weighted by Crippen LogP contribution is 2.10. The third-order valence-electron chi connectivity index (χ3n) is 2.43. The molecule has 2 N–H and O–H groups in total. The van der Waals surface area contributed by atoms with Gasteiger partial charge in [0.15, 0.2) is 0 Å². The van der Waals surface area contributed by atoms with Crippen LogP contribution >= 0.6 is 0 Å². The lowest BCUT2D eigenvalue weighted by molar-refractivity contribution is 0.0892. The molecule has 1 rings (SSSR count). The van der Waals surface area contributed by atoms with Crippen molar-refractivity contribution in [2.75, 3.05) is 34.3 Å². The van der Waals surface area contributed by atoms with Crippen molar-refractivity contribution in [1.29, 1.82) is 0 Å². The predicted octanol–water partition coefficient (Wildman–Crippen LogP) is 0.347. The van der Waals surface area contributed by atoms with Crippen LogP contribution in [0.1, 0.15) is 10.4 Å². The Balaban J connectivity index is 2.44. The van der Waals surface area contributed by atoms with Gasteiger partial charge in [0.1, 0.15) is 5.75 Å². The molecule has 0 spiro atoms. The lowest BCUT2D eigenvalue weighted by Gasteiger charge is -2.16. The second-order valence-electron chi connectivity index (χ2n) is 4.35. The number of ether oxygens (including phenoxy) is 1. The summed E-state index contributed by atoms with van der Waals surface area (Å²) in [5.74, 6) is 0.509. The lowest BCUT2D eigenvalue weighted by atomic mass is 10.2. The van der Waals surface area contributed by atoms with Crippen LogP contribution in [0.2, 0.25) is 0 Å². The standard InChI is InChI=1S/C13H20N2O3/c1-15(2)9-11(16)8-14-13(17)10-4-6-12(18-3)7-5-10/h4-7,11,16H,8-9H2,1-3H3,(H,14,17). The average molecular weight is 252 g/mol.